The molecule has 1 fully saturated rings. The van der Waals surface area contributed by atoms with E-state index in [-0.39, 0.29) is 12.0 Å². The molecule has 200 valence electrons. The number of carbonyl (C=O) groups is 1. The highest BCUT2D eigenvalue weighted by molar-refractivity contribution is 6.04. The molecule has 1 amide bonds. The van der Waals surface area contributed by atoms with Gasteiger partial charge in [-0.1, -0.05) is 18.1 Å². The molecule has 0 saturated carbocycles. The molecule has 0 aliphatic carbocycles. The molecule has 9 nitrogen and oxygen atoms in total. The van der Waals surface area contributed by atoms with Gasteiger partial charge in [-0.25, -0.2) is 0 Å². The lowest BCUT2D eigenvalue weighted by molar-refractivity contribution is -0.111. The van der Waals surface area contributed by atoms with Crippen molar-refractivity contribution in [1.29, 1.82) is 5.26 Å². The average molecular weight is 526 g/mol. The van der Waals surface area contributed by atoms with E-state index in [1.807, 2.05) is 31.2 Å². The van der Waals surface area contributed by atoms with Crippen LogP contribution in [-0.4, -0.2) is 56.5 Å². The van der Waals surface area contributed by atoms with E-state index in [1.54, 1.807) is 18.2 Å². The van der Waals surface area contributed by atoms with Gasteiger partial charge >= 0.3 is 0 Å². The Hall–Kier alpha value is -4.41. The summed E-state index contributed by atoms with van der Waals surface area (Å²) in [6.45, 7) is 5.54. The Morgan fingerprint density at radius 1 is 1.33 bits per heavy atom. The molecule has 1 aliphatic heterocycles. The van der Waals surface area contributed by atoms with Gasteiger partial charge in [0.1, 0.15) is 17.9 Å². The molecule has 1 unspecified atom stereocenters. The van der Waals surface area contributed by atoms with Gasteiger partial charge < -0.3 is 30.2 Å². The lowest BCUT2D eigenvalue weighted by Gasteiger charge is -2.18. The molecular formula is C30H31N5O4. The fraction of sp³-hybridized carbons (Fsp3) is 0.300. The number of fused-ring (bicyclic) bond motifs is 1. The SMILES string of the molecule is C#Cc1cccc(Nc2c(C#N)cnc3cc(OC4CCOC4)c(NC(=O)/C=C/CNCCOCC)cc23)c1. The second-order valence-corrected chi connectivity index (χ2v) is 8.77. The molecule has 0 radical (unpaired) electrons. The van der Waals surface area contributed by atoms with Crippen molar-refractivity contribution >= 4 is 33.9 Å². The zero-order valence-corrected chi connectivity index (χ0v) is 21.8. The van der Waals surface area contributed by atoms with Crippen molar-refractivity contribution in [3.63, 3.8) is 0 Å². The number of anilines is 3. The second kappa shape index (κ2) is 13.9. The minimum absolute atomic E-state index is 0.134. The number of nitrogens with one attached hydrogen (secondary N) is 3. The van der Waals surface area contributed by atoms with Crippen LogP contribution in [0.25, 0.3) is 10.9 Å². The van der Waals surface area contributed by atoms with Crippen LogP contribution < -0.4 is 20.7 Å². The zero-order chi connectivity index (χ0) is 27.5. The average Bonchev–Trinajstić information content (AvgIpc) is 3.46. The number of hydrogen-bond donors (Lipinski definition) is 3. The molecule has 0 bridgehead atoms. The van der Waals surface area contributed by atoms with Gasteiger partial charge in [0.25, 0.3) is 0 Å². The maximum atomic E-state index is 12.8. The number of ether oxygens (including phenoxy) is 3. The van der Waals surface area contributed by atoms with Crippen LogP contribution in [0.15, 0.2) is 54.7 Å². The molecule has 1 aromatic heterocycles. The highest BCUT2D eigenvalue weighted by Gasteiger charge is 2.21. The van der Waals surface area contributed by atoms with Crippen molar-refractivity contribution in [3.8, 4) is 24.2 Å². The number of nitriles is 1. The number of carbonyl (C=O) groups excluding carboxylic acids is 1. The smallest absolute Gasteiger partial charge is 0.248 e. The van der Waals surface area contributed by atoms with Gasteiger partial charge in [-0.15, -0.1) is 6.42 Å². The van der Waals surface area contributed by atoms with Crippen LogP contribution in [0, 0.1) is 23.7 Å². The first-order valence-corrected chi connectivity index (χ1v) is 12.8. The molecule has 39 heavy (non-hydrogen) atoms. The number of rotatable bonds is 12. The Labute approximate surface area is 228 Å². The van der Waals surface area contributed by atoms with E-state index < -0.39 is 0 Å². The molecule has 4 rings (SSSR count). The molecule has 2 aromatic carbocycles. The van der Waals surface area contributed by atoms with Crippen molar-refractivity contribution in [2.24, 2.45) is 0 Å². The third kappa shape index (κ3) is 7.56. The van der Waals surface area contributed by atoms with Crippen LogP contribution in [0.1, 0.15) is 24.5 Å². The summed E-state index contributed by atoms with van der Waals surface area (Å²) in [6, 6.07) is 13.1. The quantitative estimate of drug-likeness (QED) is 0.184. The van der Waals surface area contributed by atoms with Gasteiger partial charge in [-0.2, -0.15) is 5.26 Å². The summed E-state index contributed by atoms with van der Waals surface area (Å²) in [7, 11) is 0. The Kier molecular flexibility index (Phi) is 9.87. The normalized spacial score (nSPS) is 14.7. The van der Waals surface area contributed by atoms with Crippen LogP contribution in [0.5, 0.6) is 5.75 Å². The maximum absolute atomic E-state index is 12.8. The van der Waals surface area contributed by atoms with E-state index in [9.17, 15) is 10.1 Å². The van der Waals surface area contributed by atoms with E-state index in [0.717, 1.165) is 12.1 Å². The number of benzene rings is 2. The van der Waals surface area contributed by atoms with Crippen molar-refractivity contribution in [2.45, 2.75) is 19.4 Å². The number of amides is 1. The first-order chi connectivity index (χ1) is 19.1. The lowest BCUT2D eigenvalue weighted by Crippen LogP contribution is -2.20. The fourth-order valence-electron chi connectivity index (χ4n) is 4.07. The summed E-state index contributed by atoms with van der Waals surface area (Å²) in [5.74, 6) is 2.78. The van der Waals surface area contributed by atoms with Crippen LogP contribution in [-0.2, 0) is 14.3 Å². The molecule has 0 spiro atoms. The molecule has 3 N–H and O–H groups in total. The van der Waals surface area contributed by atoms with Gasteiger partial charge in [-0.3, -0.25) is 9.78 Å². The molecule has 1 saturated heterocycles. The van der Waals surface area contributed by atoms with Crippen LogP contribution in [0.3, 0.4) is 0 Å². The summed E-state index contributed by atoms with van der Waals surface area (Å²) in [4.78, 5) is 17.3. The van der Waals surface area contributed by atoms with E-state index in [0.29, 0.717) is 78.7 Å². The van der Waals surface area contributed by atoms with E-state index in [4.69, 9.17) is 20.6 Å². The fourth-order valence-corrected chi connectivity index (χ4v) is 4.07. The van der Waals surface area contributed by atoms with E-state index in [1.165, 1.54) is 12.3 Å². The highest BCUT2D eigenvalue weighted by Crippen LogP contribution is 2.37. The first-order valence-electron chi connectivity index (χ1n) is 12.8. The minimum atomic E-state index is -0.311. The third-order valence-electron chi connectivity index (χ3n) is 5.99. The van der Waals surface area contributed by atoms with Crippen molar-refractivity contribution in [3.05, 3.63) is 65.9 Å². The summed E-state index contributed by atoms with van der Waals surface area (Å²) in [5, 5.41) is 19.9. The maximum Gasteiger partial charge on any atom is 0.248 e. The number of aromatic nitrogens is 1. The van der Waals surface area contributed by atoms with E-state index >= 15 is 0 Å². The standard InChI is InChI=1S/C30H31N5O4/c1-3-21-7-5-8-23(15-21)34-30-22(18-31)19-33-26-17-28(39-24-10-13-38-20-24)27(16-25(26)30)35-29(36)9-6-11-32-12-14-37-4-2/h1,5-9,15-17,19,24,32H,4,10-14,20H2,2H3,(H,33,34)(H,35,36)/b9-6+. The number of hydrogen-bond acceptors (Lipinski definition) is 8. The Bertz CT molecular complexity index is 1420. The lowest BCUT2D eigenvalue weighted by atomic mass is 10.1. The number of nitrogens with zero attached hydrogens (tertiary/aromatic N) is 2. The number of pyridine rings is 1. The predicted molar refractivity (Wildman–Crippen MR) is 151 cm³/mol. The molecular weight excluding hydrogens is 494 g/mol. The second-order valence-electron chi connectivity index (χ2n) is 8.77. The predicted octanol–water partition coefficient (Wildman–Crippen LogP) is 4.12. The van der Waals surface area contributed by atoms with Gasteiger partial charge in [0, 0.05) is 61.1 Å². The monoisotopic (exact) mass is 525 g/mol. The number of terminal acetylenes is 1. The highest BCUT2D eigenvalue weighted by atomic mass is 16.5. The van der Waals surface area contributed by atoms with Gasteiger partial charge in [0.15, 0.2) is 0 Å². The largest absolute Gasteiger partial charge is 0.486 e. The van der Waals surface area contributed by atoms with Gasteiger partial charge in [0.2, 0.25) is 5.91 Å². The minimum Gasteiger partial charge on any atom is -0.486 e. The van der Waals surface area contributed by atoms with Crippen LogP contribution in [0.2, 0.25) is 0 Å². The van der Waals surface area contributed by atoms with Crippen LogP contribution >= 0.6 is 0 Å². The Morgan fingerprint density at radius 3 is 3.00 bits per heavy atom. The summed E-state index contributed by atoms with van der Waals surface area (Å²) in [6.07, 6.45) is 10.9. The van der Waals surface area contributed by atoms with Crippen LogP contribution in [0.4, 0.5) is 17.1 Å². The van der Waals surface area contributed by atoms with Gasteiger partial charge in [0.05, 0.1) is 42.3 Å². The van der Waals surface area contributed by atoms with E-state index in [2.05, 4.69) is 32.9 Å². The summed E-state index contributed by atoms with van der Waals surface area (Å²) >= 11 is 0. The van der Waals surface area contributed by atoms with Crippen molar-refractivity contribution in [2.75, 3.05) is 50.2 Å². The Balaban J connectivity index is 1.64. The topological polar surface area (TPSA) is 118 Å². The molecule has 1 aliphatic rings. The zero-order valence-electron chi connectivity index (χ0n) is 21.8. The Morgan fingerprint density at radius 2 is 2.23 bits per heavy atom. The van der Waals surface area contributed by atoms with Crippen molar-refractivity contribution in [1.82, 2.24) is 10.3 Å². The summed E-state index contributed by atoms with van der Waals surface area (Å²) in [5.41, 5.74) is 3.40. The molecule has 3 aromatic rings. The third-order valence-corrected chi connectivity index (χ3v) is 5.99. The molecule has 2 heterocycles. The first kappa shape index (κ1) is 27.6. The van der Waals surface area contributed by atoms with Gasteiger partial charge in [-0.05, 0) is 31.2 Å². The molecule has 1 atom stereocenters. The van der Waals surface area contributed by atoms with Crippen molar-refractivity contribution < 1.29 is 19.0 Å². The molecule has 9 heteroatoms. The summed E-state index contributed by atoms with van der Waals surface area (Å²) < 4.78 is 17.0.